The summed E-state index contributed by atoms with van der Waals surface area (Å²) >= 11 is 1.63. The quantitative estimate of drug-likeness (QED) is 0.394. The van der Waals surface area contributed by atoms with Crippen molar-refractivity contribution in [3.05, 3.63) is 47.0 Å². The van der Waals surface area contributed by atoms with Crippen molar-refractivity contribution in [2.24, 2.45) is 10.7 Å². The van der Waals surface area contributed by atoms with Gasteiger partial charge in [-0.1, -0.05) is 6.07 Å². The maximum atomic E-state index is 14.1. The minimum Gasteiger partial charge on any atom is -0.370 e. The molecule has 0 amide bonds. The van der Waals surface area contributed by atoms with Gasteiger partial charge < -0.3 is 15.5 Å². The number of hydrogen-bond acceptors (Lipinski definition) is 4. The summed E-state index contributed by atoms with van der Waals surface area (Å²) in [4.78, 5) is 13.1. The van der Waals surface area contributed by atoms with E-state index in [0.29, 0.717) is 12.5 Å². The molecule has 9 heteroatoms. The number of thiazole rings is 1. The SMILES string of the molecule is I.NC(=NCC1(c2c(F)cccc2F)CC1)N1CCN(c2nccs2)CC1. The Hall–Kier alpha value is -1.49. The summed E-state index contributed by atoms with van der Waals surface area (Å²) in [6.07, 6.45) is 3.28. The van der Waals surface area contributed by atoms with Crippen LogP contribution in [0, 0.1) is 11.6 Å². The molecular weight excluding hydrogens is 483 g/mol. The van der Waals surface area contributed by atoms with E-state index in [1.807, 2.05) is 10.3 Å². The van der Waals surface area contributed by atoms with Gasteiger partial charge >= 0.3 is 0 Å². The van der Waals surface area contributed by atoms with Crippen LogP contribution in [-0.4, -0.2) is 48.6 Å². The average Bonchev–Trinajstić information content (AvgIpc) is 3.21. The Morgan fingerprint density at radius 2 is 1.85 bits per heavy atom. The normalized spacial score (nSPS) is 19.0. The van der Waals surface area contributed by atoms with E-state index in [1.165, 1.54) is 18.2 Å². The Labute approximate surface area is 178 Å². The van der Waals surface area contributed by atoms with Crippen molar-refractivity contribution in [3.8, 4) is 0 Å². The van der Waals surface area contributed by atoms with Crippen molar-refractivity contribution in [2.45, 2.75) is 18.3 Å². The first-order valence-electron chi connectivity index (χ1n) is 8.73. The molecule has 2 N–H and O–H groups in total. The van der Waals surface area contributed by atoms with Crippen molar-refractivity contribution in [1.82, 2.24) is 9.88 Å². The molecule has 1 aliphatic carbocycles. The summed E-state index contributed by atoms with van der Waals surface area (Å²) in [6, 6.07) is 4.01. The molecule has 2 fully saturated rings. The lowest BCUT2D eigenvalue weighted by atomic mass is 9.95. The van der Waals surface area contributed by atoms with Crippen molar-refractivity contribution < 1.29 is 8.78 Å². The van der Waals surface area contributed by atoms with Crippen LogP contribution in [0.1, 0.15) is 18.4 Å². The smallest absolute Gasteiger partial charge is 0.191 e. The average molecular weight is 505 g/mol. The molecule has 146 valence electrons. The number of rotatable bonds is 4. The van der Waals surface area contributed by atoms with Gasteiger partial charge in [-0.2, -0.15) is 0 Å². The second-order valence-corrected chi connectivity index (χ2v) is 7.71. The predicted octanol–water partition coefficient (Wildman–Crippen LogP) is 3.21. The first kappa shape index (κ1) is 20.2. The Morgan fingerprint density at radius 1 is 1.19 bits per heavy atom. The molecule has 1 saturated carbocycles. The number of halogens is 3. The van der Waals surface area contributed by atoms with Crippen LogP contribution in [0.5, 0.6) is 0 Å². The maximum Gasteiger partial charge on any atom is 0.191 e. The molecule has 1 aliphatic heterocycles. The minimum atomic E-state index is -0.539. The van der Waals surface area contributed by atoms with Gasteiger partial charge in [-0.15, -0.1) is 35.3 Å². The van der Waals surface area contributed by atoms with Gasteiger partial charge in [0.2, 0.25) is 0 Å². The molecule has 4 rings (SSSR count). The summed E-state index contributed by atoms with van der Waals surface area (Å²) < 4.78 is 28.2. The molecule has 5 nitrogen and oxygen atoms in total. The lowest BCUT2D eigenvalue weighted by Crippen LogP contribution is -2.51. The first-order valence-corrected chi connectivity index (χ1v) is 9.61. The van der Waals surface area contributed by atoms with E-state index in [0.717, 1.165) is 44.2 Å². The number of aromatic nitrogens is 1. The highest BCUT2D eigenvalue weighted by atomic mass is 127. The topological polar surface area (TPSA) is 57.8 Å². The van der Waals surface area contributed by atoms with Crippen molar-refractivity contribution in [3.63, 3.8) is 0 Å². The van der Waals surface area contributed by atoms with E-state index < -0.39 is 17.0 Å². The number of aliphatic imine (C=N–C) groups is 1. The molecule has 1 aromatic heterocycles. The van der Waals surface area contributed by atoms with Gasteiger partial charge in [0.15, 0.2) is 11.1 Å². The highest BCUT2D eigenvalue weighted by molar-refractivity contribution is 14.0. The Balaban J connectivity index is 0.00000210. The molecule has 1 aromatic carbocycles. The second-order valence-electron chi connectivity index (χ2n) is 6.84. The van der Waals surface area contributed by atoms with Crippen LogP contribution in [0.4, 0.5) is 13.9 Å². The largest absolute Gasteiger partial charge is 0.370 e. The predicted molar refractivity (Wildman–Crippen MR) is 115 cm³/mol. The van der Waals surface area contributed by atoms with Crippen LogP contribution in [0.2, 0.25) is 0 Å². The van der Waals surface area contributed by atoms with Crippen molar-refractivity contribution >= 4 is 46.4 Å². The number of nitrogens with zero attached hydrogens (tertiary/aromatic N) is 4. The van der Waals surface area contributed by atoms with E-state index in [1.54, 1.807) is 17.5 Å². The van der Waals surface area contributed by atoms with E-state index in [2.05, 4.69) is 14.9 Å². The fourth-order valence-electron chi connectivity index (χ4n) is 3.47. The molecule has 1 saturated heterocycles. The molecule has 0 radical (unpaired) electrons. The van der Waals surface area contributed by atoms with Crippen LogP contribution in [0.3, 0.4) is 0 Å². The molecule has 2 aliphatic rings. The van der Waals surface area contributed by atoms with Crippen LogP contribution >= 0.6 is 35.3 Å². The molecule has 0 spiro atoms. The van der Waals surface area contributed by atoms with Gasteiger partial charge in [0.05, 0.1) is 6.54 Å². The Bertz CT molecular complexity index is 782. The number of benzene rings is 1. The van der Waals surface area contributed by atoms with Crippen molar-refractivity contribution in [2.75, 3.05) is 37.6 Å². The summed E-state index contributed by atoms with van der Waals surface area (Å²) in [5.74, 6) is -0.534. The molecule has 2 aromatic rings. The maximum absolute atomic E-state index is 14.1. The Kier molecular flexibility index (Phi) is 6.19. The van der Waals surface area contributed by atoms with Gasteiger partial charge in [0, 0.05) is 48.7 Å². The summed E-state index contributed by atoms with van der Waals surface area (Å²) in [7, 11) is 0. The van der Waals surface area contributed by atoms with E-state index in [-0.39, 0.29) is 29.5 Å². The van der Waals surface area contributed by atoms with Crippen LogP contribution in [-0.2, 0) is 5.41 Å². The van der Waals surface area contributed by atoms with Gasteiger partial charge in [-0.05, 0) is 25.0 Å². The molecule has 2 heterocycles. The third-order valence-electron chi connectivity index (χ3n) is 5.18. The number of piperazine rings is 1. The van der Waals surface area contributed by atoms with Crippen molar-refractivity contribution in [1.29, 1.82) is 0 Å². The van der Waals surface area contributed by atoms with Gasteiger partial charge in [-0.25, -0.2) is 13.8 Å². The summed E-state index contributed by atoms with van der Waals surface area (Å²) in [5.41, 5.74) is 5.78. The number of guanidine groups is 1. The molecule has 27 heavy (non-hydrogen) atoms. The summed E-state index contributed by atoms with van der Waals surface area (Å²) in [6.45, 7) is 3.50. The first-order chi connectivity index (χ1) is 12.6. The zero-order valence-corrected chi connectivity index (χ0v) is 17.9. The number of nitrogens with two attached hydrogens (primary N) is 1. The van der Waals surface area contributed by atoms with Crippen LogP contribution < -0.4 is 10.6 Å². The monoisotopic (exact) mass is 505 g/mol. The van der Waals surface area contributed by atoms with E-state index >= 15 is 0 Å². The number of anilines is 1. The molecule has 0 unspecified atom stereocenters. The minimum absolute atomic E-state index is 0. The zero-order chi connectivity index (χ0) is 18.1. The van der Waals surface area contributed by atoms with E-state index in [4.69, 9.17) is 5.73 Å². The highest BCUT2D eigenvalue weighted by Gasteiger charge is 2.47. The molecule has 0 atom stereocenters. The third-order valence-corrected chi connectivity index (χ3v) is 6.02. The Morgan fingerprint density at radius 3 is 2.41 bits per heavy atom. The third kappa shape index (κ3) is 4.18. The summed E-state index contributed by atoms with van der Waals surface area (Å²) in [5, 5.41) is 2.99. The van der Waals surface area contributed by atoms with Gasteiger partial charge in [0.25, 0.3) is 0 Å². The number of hydrogen-bond donors (Lipinski definition) is 1. The molecular formula is C18H22F2IN5S. The van der Waals surface area contributed by atoms with Crippen LogP contribution in [0.15, 0.2) is 34.8 Å². The molecule has 0 bridgehead atoms. The fourth-order valence-corrected chi connectivity index (χ4v) is 4.17. The standard InChI is InChI=1S/C18H21F2N5S.HI/c19-13-2-1-3-14(20)15(13)18(4-5-18)12-23-16(21)24-7-9-25(10-8-24)17-22-6-11-26-17;/h1-3,6,11H,4-5,7-10,12H2,(H2,21,23);1H. The lowest BCUT2D eigenvalue weighted by molar-refractivity contribution is 0.379. The van der Waals surface area contributed by atoms with E-state index in [9.17, 15) is 8.78 Å². The van der Waals surface area contributed by atoms with Gasteiger partial charge in [0.1, 0.15) is 11.6 Å². The van der Waals surface area contributed by atoms with Crippen LogP contribution in [0.25, 0.3) is 0 Å². The zero-order valence-electron chi connectivity index (χ0n) is 14.8. The van der Waals surface area contributed by atoms with Gasteiger partial charge in [-0.3, -0.25) is 4.99 Å². The second kappa shape index (κ2) is 8.26. The highest BCUT2D eigenvalue weighted by Crippen LogP contribution is 2.50. The lowest BCUT2D eigenvalue weighted by Gasteiger charge is -2.35. The fraction of sp³-hybridized carbons (Fsp3) is 0.444.